The van der Waals surface area contributed by atoms with E-state index < -0.39 is 0 Å². The van der Waals surface area contributed by atoms with Gasteiger partial charge in [0.1, 0.15) is 5.75 Å². The van der Waals surface area contributed by atoms with E-state index >= 15 is 0 Å². The molecule has 0 bridgehead atoms. The largest absolute Gasteiger partial charge is 0.508 e. The molecule has 0 saturated carbocycles. The molecule has 0 aromatic heterocycles. The van der Waals surface area contributed by atoms with Crippen LogP contribution in [0.4, 0.5) is 0 Å². The molecule has 1 saturated heterocycles. The van der Waals surface area contributed by atoms with Crippen molar-refractivity contribution >= 4 is 5.91 Å². The van der Waals surface area contributed by atoms with E-state index in [0.717, 1.165) is 5.56 Å². The zero-order valence-electron chi connectivity index (χ0n) is 10.4. The number of hydrazine groups is 1. The van der Waals surface area contributed by atoms with Gasteiger partial charge in [-0.3, -0.25) is 9.80 Å². The molecule has 4 nitrogen and oxygen atoms in total. The first-order valence-electron chi connectivity index (χ1n) is 5.76. The van der Waals surface area contributed by atoms with Gasteiger partial charge in [-0.1, -0.05) is 12.1 Å². The number of rotatable bonds is 1. The fourth-order valence-electron chi connectivity index (χ4n) is 2.04. The second kappa shape index (κ2) is 4.04. The summed E-state index contributed by atoms with van der Waals surface area (Å²) in [5, 5.41) is 11.1. The number of hydrogen-bond acceptors (Lipinski definition) is 3. The summed E-state index contributed by atoms with van der Waals surface area (Å²) in [5.74, 6) is 0.316. The standard InChI is InChI=1S/C13H18N2O2/c1-13(2,3)15-12(17)8-11(14-15)9-5-4-6-10(16)7-9/h4-7,11,14,16H,8H2,1-3H3. The maximum absolute atomic E-state index is 11.9. The summed E-state index contributed by atoms with van der Waals surface area (Å²) in [4.78, 5) is 11.9. The molecule has 1 aromatic carbocycles. The smallest absolute Gasteiger partial charge is 0.239 e. The zero-order chi connectivity index (χ0) is 12.6. The van der Waals surface area contributed by atoms with E-state index in [0.29, 0.717) is 6.42 Å². The van der Waals surface area contributed by atoms with Crippen LogP contribution in [0.5, 0.6) is 5.75 Å². The van der Waals surface area contributed by atoms with E-state index in [9.17, 15) is 9.90 Å². The number of nitrogens with zero attached hydrogens (tertiary/aromatic N) is 1. The topological polar surface area (TPSA) is 52.6 Å². The van der Waals surface area contributed by atoms with Crippen LogP contribution >= 0.6 is 0 Å². The summed E-state index contributed by atoms with van der Waals surface area (Å²) in [6.45, 7) is 5.97. The lowest BCUT2D eigenvalue weighted by Crippen LogP contribution is -2.48. The number of nitrogens with one attached hydrogen (secondary N) is 1. The summed E-state index contributed by atoms with van der Waals surface area (Å²) in [7, 11) is 0. The minimum Gasteiger partial charge on any atom is -0.508 e. The summed E-state index contributed by atoms with van der Waals surface area (Å²) < 4.78 is 0. The lowest BCUT2D eigenvalue weighted by molar-refractivity contribution is -0.134. The Bertz CT molecular complexity index is 437. The molecule has 2 rings (SSSR count). The number of aromatic hydroxyl groups is 1. The van der Waals surface area contributed by atoms with Gasteiger partial charge in [-0.05, 0) is 38.5 Å². The number of carbonyl (C=O) groups is 1. The van der Waals surface area contributed by atoms with Crippen molar-refractivity contribution in [2.75, 3.05) is 0 Å². The number of hydrogen-bond donors (Lipinski definition) is 2. The van der Waals surface area contributed by atoms with E-state index in [-0.39, 0.29) is 23.2 Å². The third-order valence-electron chi connectivity index (χ3n) is 2.86. The molecule has 1 fully saturated rings. The van der Waals surface area contributed by atoms with Crippen LogP contribution in [0.2, 0.25) is 0 Å². The van der Waals surface area contributed by atoms with Crippen LogP contribution in [0, 0.1) is 0 Å². The predicted molar refractivity (Wildman–Crippen MR) is 65.2 cm³/mol. The van der Waals surface area contributed by atoms with Crippen LogP contribution in [-0.4, -0.2) is 21.6 Å². The van der Waals surface area contributed by atoms with Gasteiger partial charge < -0.3 is 5.11 Å². The van der Waals surface area contributed by atoms with Crippen molar-refractivity contribution in [3.05, 3.63) is 29.8 Å². The minimum absolute atomic E-state index is 0.0474. The van der Waals surface area contributed by atoms with Gasteiger partial charge >= 0.3 is 0 Å². The summed E-state index contributed by atoms with van der Waals surface area (Å²) in [6, 6.07) is 6.97. The molecule has 2 N–H and O–H groups in total. The highest BCUT2D eigenvalue weighted by atomic mass is 16.3. The Morgan fingerprint density at radius 2 is 2.12 bits per heavy atom. The van der Waals surface area contributed by atoms with Crippen molar-refractivity contribution in [2.45, 2.75) is 38.8 Å². The fraction of sp³-hybridized carbons (Fsp3) is 0.462. The maximum atomic E-state index is 11.9. The van der Waals surface area contributed by atoms with E-state index in [4.69, 9.17) is 0 Å². The molecular weight excluding hydrogens is 216 g/mol. The SMILES string of the molecule is CC(C)(C)N1NC(c2cccc(O)c2)CC1=O. The van der Waals surface area contributed by atoms with Crippen molar-refractivity contribution in [3.8, 4) is 5.75 Å². The van der Waals surface area contributed by atoms with Gasteiger partial charge in [-0.15, -0.1) is 0 Å². The van der Waals surface area contributed by atoms with Gasteiger partial charge in [0.25, 0.3) is 0 Å². The van der Waals surface area contributed by atoms with Gasteiger partial charge in [0, 0.05) is 6.42 Å². The molecule has 92 valence electrons. The lowest BCUT2D eigenvalue weighted by Gasteiger charge is -2.32. The van der Waals surface area contributed by atoms with Crippen LogP contribution in [0.3, 0.4) is 0 Å². The van der Waals surface area contributed by atoms with Crippen LogP contribution < -0.4 is 5.43 Å². The molecule has 1 amide bonds. The maximum Gasteiger partial charge on any atom is 0.239 e. The summed E-state index contributed by atoms with van der Waals surface area (Å²) >= 11 is 0. The van der Waals surface area contributed by atoms with Crippen LogP contribution in [0.15, 0.2) is 24.3 Å². The molecule has 0 radical (unpaired) electrons. The van der Waals surface area contributed by atoms with E-state index in [1.807, 2.05) is 26.8 Å². The third kappa shape index (κ3) is 2.42. The van der Waals surface area contributed by atoms with Gasteiger partial charge in [0.05, 0.1) is 11.6 Å². The number of carbonyl (C=O) groups excluding carboxylic acids is 1. The second-order valence-electron chi connectivity index (χ2n) is 5.38. The highest BCUT2D eigenvalue weighted by Gasteiger charge is 2.36. The molecule has 1 atom stereocenters. The summed E-state index contributed by atoms with van der Waals surface area (Å²) in [6.07, 6.45) is 0.431. The Labute approximate surface area is 101 Å². The Kier molecular flexibility index (Phi) is 2.83. The quantitative estimate of drug-likeness (QED) is 0.781. The number of benzene rings is 1. The van der Waals surface area contributed by atoms with Crippen LogP contribution in [0.1, 0.15) is 38.8 Å². The van der Waals surface area contributed by atoms with E-state index in [1.165, 1.54) is 0 Å². The van der Waals surface area contributed by atoms with Gasteiger partial charge in [0.15, 0.2) is 0 Å². The molecule has 0 spiro atoms. The molecule has 17 heavy (non-hydrogen) atoms. The van der Waals surface area contributed by atoms with Crippen molar-refractivity contribution in [1.29, 1.82) is 0 Å². The first-order chi connectivity index (χ1) is 7.88. The highest BCUT2D eigenvalue weighted by Crippen LogP contribution is 2.29. The van der Waals surface area contributed by atoms with Crippen molar-refractivity contribution in [3.63, 3.8) is 0 Å². The first-order valence-corrected chi connectivity index (χ1v) is 5.76. The van der Waals surface area contributed by atoms with E-state index in [1.54, 1.807) is 23.2 Å². The monoisotopic (exact) mass is 234 g/mol. The normalized spacial score (nSPS) is 21.0. The van der Waals surface area contributed by atoms with Gasteiger partial charge in [-0.25, -0.2) is 5.43 Å². The molecule has 1 heterocycles. The molecule has 1 aliphatic heterocycles. The van der Waals surface area contributed by atoms with Crippen molar-refractivity contribution in [2.24, 2.45) is 0 Å². The zero-order valence-corrected chi connectivity index (χ0v) is 10.4. The van der Waals surface area contributed by atoms with E-state index in [2.05, 4.69) is 5.43 Å². The molecule has 1 unspecified atom stereocenters. The average molecular weight is 234 g/mol. The number of amides is 1. The molecular formula is C13H18N2O2. The predicted octanol–water partition coefficient (Wildman–Crippen LogP) is 1.97. The minimum atomic E-state index is -0.233. The Morgan fingerprint density at radius 3 is 2.65 bits per heavy atom. The number of phenolic OH excluding ortho intramolecular Hbond substituents is 1. The third-order valence-corrected chi connectivity index (χ3v) is 2.86. The molecule has 1 aromatic rings. The molecule has 4 heteroatoms. The lowest BCUT2D eigenvalue weighted by atomic mass is 10.1. The van der Waals surface area contributed by atoms with Gasteiger partial charge in [0.2, 0.25) is 5.91 Å². The summed E-state index contributed by atoms with van der Waals surface area (Å²) in [5.41, 5.74) is 3.90. The van der Waals surface area contributed by atoms with Crippen molar-refractivity contribution in [1.82, 2.24) is 10.4 Å². The van der Waals surface area contributed by atoms with Gasteiger partial charge in [-0.2, -0.15) is 0 Å². The van der Waals surface area contributed by atoms with Crippen LogP contribution in [-0.2, 0) is 4.79 Å². The molecule has 1 aliphatic rings. The average Bonchev–Trinajstić information content (AvgIpc) is 2.60. The molecule has 0 aliphatic carbocycles. The number of phenols is 1. The Morgan fingerprint density at radius 1 is 1.41 bits per heavy atom. The Hall–Kier alpha value is -1.55. The van der Waals surface area contributed by atoms with Crippen LogP contribution in [0.25, 0.3) is 0 Å². The first kappa shape index (κ1) is 11.9. The Balaban J connectivity index is 2.20. The highest BCUT2D eigenvalue weighted by molar-refractivity contribution is 5.79. The second-order valence-corrected chi connectivity index (χ2v) is 5.38. The fourth-order valence-corrected chi connectivity index (χ4v) is 2.04. The van der Waals surface area contributed by atoms with Crippen molar-refractivity contribution < 1.29 is 9.90 Å².